The Morgan fingerprint density at radius 3 is 1.97 bits per heavy atom. The summed E-state index contributed by atoms with van der Waals surface area (Å²) in [4.78, 5) is 5.88. The van der Waals surface area contributed by atoms with Gasteiger partial charge in [0.2, 0.25) is 0 Å². The maximum atomic E-state index is 13.6. The molecule has 31 heavy (non-hydrogen) atoms. The highest BCUT2D eigenvalue weighted by Gasteiger charge is 2.17. The van der Waals surface area contributed by atoms with Gasteiger partial charge in [0.25, 0.3) is 0 Å². The Morgan fingerprint density at radius 2 is 1.39 bits per heavy atom. The van der Waals surface area contributed by atoms with Crippen LogP contribution in [0.2, 0.25) is 0 Å². The van der Waals surface area contributed by atoms with E-state index in [1.165, 1.54) is 47.7 Å². The molecular formula is C22H14F3NO2S3. The van der Waals surface area contributed by atoms with E-state index >= 15 is 0 Å². The molecule has 0 spiro atoms. The summed E-state index contributed by atoms with van der Waals surface area (Å²) in [5, 5.41) is 0. The van der Waals surface area contributed by atoms with Gasteiger partial charge in [-0.05, 0) is 42.0 Å². The van der Waals surface area contributed by atoms with Crippen molar-refractivity contribution in [3.8, 4) is 21.7 Å². The molecule has 4 rings (SSSR count). The number of benzene rings is 3. The average molecular weight is 478 g/mol. The van der Waals surface area contributed by atoms with E-state index < -0.39 is 21.5 Å². The number of thiazole rings is 1. The number of aromatic nitrogens is 1. The average Bonchev–Trinajstić information content (AvgIpc) is 3.11. The molecule has 0 saturated heterocycles. The number of sulfone groups is 1. The molecule has 0 bridgehead atoms. The van der Waals surface area contributed by atoms with Crippen LogP contribution in [0.1, 0.15) is 0 Å². The van der Waals surface area contributed by atoms with Crippen LogP contribution in [0.5, 0.6) is 0 Å². The van der Waals surface area contributed by atoms with Gasteiger partial charge >= 0.3 is 0 Å². The van der Waals surface area contributed by atoms with E-state index in [1.807, 2.05) is 0 Å². The third-order valence-electron chi connectivity index (χ3n) is 4.31. The SMILES string of the molecule is CS(=O)(=O)c1ccc(-c2nc(Sc3cc(F)cc(F)c3)sc2-c2ccc(F)cc2)cc1. The Labute approximate surface area is 185 Å². The molecule has 3 nitrogen and oxygen atoms in total. The molecule has 0 atom stereocenters. The van der Waals surface area contributed by atoms with Crippen LogP contribution in [0.4, 0.5) is 13.2 Å². The molecule has 0 radical (unpaired) electrons. The molecule has 0 N–H and O–H groups in total. The van der Waals surface area contributed by atoms with Crippen molar-refractivity contribution in [2.75, 3.05) is 6.26 Å². The lowest BCUT2D eigenvalue weighted by atomic mass is 10.1. The van der Waals surface area contributed by atoms with Gasteiger partial charge in [0.1, 0.15) is 17.5 Å². The van der Waals surface area contributed by atoms with Crippen molar-refractivity contribution in [1.29, 1.82) is 0 Å². The summed E-state index contributed by atoms with van der Waals surface area (Å²) < 4.78 is 64.6. The molecule has 0 aliphatic rings. The Balaban J connectivity index is 1.79. The van der Waals surface area contributed by atoms with Gasteiger partial charge in [-0.25, -0.2) is 26.6 Å². The van der Waals surface area contributed by atoms with Gasteiger partial charge in [-0.1, -0.05) is 36.0 Å². The summed E-state index contributed by atoms with van der Waals surface area (Å²) in [5.41, 5.74) is 1.95. The predicted octanol–water partition coefficient (Wildman–Crippen LogP) is 6.45. The summed E-state index contributed by atoms with van der Waals surface area (Å²) in [6.07, 6.45) is 1.13. The standard InChI is InChI=1S/C22H14F3NO2S3/c1-31(27,28)19-8-4-13(5-9-19)20-21(14-2-6-15(23)7-3-14)30-22(26-20)29-18-11-16(24)10-17(25)12-18/h2-12H,1H3. The Bertz CT molecular complexity index is 1330. The number of rotatable bonds is 5. The second kappa shape index (κ2) is 8.49. The molecule has 0 unspecified atom stereocenters. The lowest BCUT2D eigenvalue weighted by Gasteiger charge is -2.04. The molecule has 4 aromatic rings. The fraction of sp³-hybridized carbons (Fsp3) is 0.0455. The van der Waals surface area contributed by atoms with Crippen molar-refractivity contribution in [1.82, 2.24) is 4.98 Å². The second-order valence-corrected chi connectivity index (χ2v) is 11.0. The Morgan fingerprint density at radius 1 is 0.806 bits per heavy atom. The van der Waals surface area contributed by atoms with Crippen LogP contribution < -0.4 is 0 Å². The van der Waals surface area contributed by atoms with Gasteiger partial charge in [0.05, 0.1) is 15.5 Å². The van der Waals surface area contributed by atoms with E-state index in [4.69, 9.17) is 0 Å². The smallest absolute Gasteiger partial charge is 0.175 e. The summed E-state index contributed by atoms with van der Waals surface area (Å²) >= 11 is 2.40. The summed E-state index contributed by atoms with van der Waals surface area (Å²) in [6, 6.07) is 15.4. The normalized spacial score (nSPS) is 11.6. The zero-order valence-corrected chi connectivity index (χ0v) is 18.4. The summed E-state index contributed by atoms with van der Waals surface area (Å²) in [7, 11) is -3.35. The van der Waals surface area contributed by atoms with Gasteiger partial charge in [0, 0.05) is 22.8 Å². The van der Waals surface area contributed by atoms with Crippen LogP contribution in [-0.2, 0) is 9.84 Å². The molecule has 3 aromatic carbocycles. The molecule has 1 aromatic heterocycles. The van der Waals surface area contributed by atoms with E-state index in [1.54, 1.807) is 24.3 Å². The molecule has 0 aliphatic heterocycles. The first kappa shape index (κ1) is 21.6. The van der Waals surface area contributed by atoms with Gasteiger partial charge in [-0.15, -0.1) is 11.3 Å². The van der Waals surface area contributed by atoms with Crippen molar-refractivity contribution in [3.63, 3.8) is 0 Å². The van der Waals surface area contributed by atoms with Crippen LogP contribution in [-0.4, -0.2) is 19.7 Å². The highest BCUT2D eigenvalue weighted by Crippen LogP contribution is 2.42. The largest absolute Gasteiger partial charge is 0.229 e. The molecule has 0 saturated carbocycles. The van der Waals surface area contributed by atoms with E-state index in [0.717, 1.165) is 34.5 Å². The first-order chi connectivity index (χ1) is 14.7. The maximum absolute atomic E-state index is 13.6. The summed E-state index contributed by atoms with van der Waals surface area (Å²) in [5.74, 6) is -1.75. The molecule has 9 heteroatoms. The van der Waals surface area contributed by atoms with Crippen molar-refractivity contribution in [3.05, 3.63) is 84.2 Å². The van der Waals surface area contributed by atoms with Crippen LogP contribution in [0, 0.1) is 17.5 Å². The van der Waals surface area contributed by atoms with Crippen LogP contribution in [0.3, 0.4) is 0 Å². The number of nitrogens with zero attached hydrogens (tertiary/aromatic N) is 1. The minimum absolute atomic E-state index is 0.180. The minimum Gasteiger partial charge on any atom is -0.229 e. The van der Waals surface area contributed by atoms with Crippen LogP contribution >= 0.6 is 23.1 Å². The van der Waals surface area contributed by atoms with Gasteiger partial charge in [-0.2, -0.15) is 0 Å². The second-order valence-electron chi connectivity index (χ2n) is 6.67. The molecule has 158 valence electrons. The lowest BCUT2D eigenvalue weighted by molar-refractivity contribution is 0.577. The topological polar surface area (TPSA) is 47.0 Å². The van der Waals surface area contributed by atoms with E-state index in [-0.39, 0.29) is 10.7 Å². The molecule has 0 aliphatic carbocycles. The third kappa shape index (κ3) is 5.00. The van der Waals surface area contributed by atoms with E-state index in [9.17, 15) is 21.6 Å². The van der Waals surface area contributed by atoms with Gasteiger partial charge < -0.3 is 0 Å². The molecule has 0 fully saturated rings. The molecule has 1 heterocycles. The van der Waals surface area contributed by atoms with E-state index in [0.29, 0.717) is 20.5 Å². The highest BCUT2D eigenvalue weighted by atomic mass is 32.2. The van der Waals surface area contributed by atoms with Crippen molar-refractivity contribution in [2.45, 2.75) is 14.1 Å². The van der Waals surface area contributed by atoms with Gasteiger partial charge in [-0.3, -0.25) is 0 Å². The molecule has 0 amide bonds. The zero-order chi connectivity index (χ0) is 22.2. The first-order valence-electron chi connectivity index (χ1n) is 8.90. The van der Waals surface area contributed by atoms with Crippen molar-refractivity contribution >= 4 is 32.9 Å². The number of halogens is 3. The Hall–Kier alpha value is -2.62. The van der Waals surface area contributed by atoms with Crippen molar-refractivity contribution in [2.24, 2.45) is 0 Å². The van der Waals surface area contributed by atoms with Crippen LogP contribution in [0.15, 0.2) is 80.9 Å². The van der Waals surface area contributed by atoms with Crippen LogP contribution in [0.25, 0.3) is 21.7 Å². The summed E-state index contributed by atoms with van der Waals surface area (Å²) in [6.45, 7) is 0. The maximum Gasteiger partial charge on any atom is 0.175 e. The van der Waals surface area contributed by atoms with Gasteiger partial charge in [0.15, 0.2) is 14.2 Å². The fourth-order valence-electron chi connectivity index (χ4n) is 2.89. The number of hydrogen-bond acceptors (Lipinski definition) is 5. The predicted molar refractivity (Wildman–Crippen MR) is 117 cm³/mol. The minimum atomic E-state index is -3.35. The number of hydrogen-bond donors (Lipinski definition) is 0. The molecular weight excluding hydrogens is 463 g/mol. The van der Waals surface area contributed by atoms with Crippen molar-refractivity contribution < 1.29 is 21.6 Å². The van der Waals surface area contributed by atoms with E-state index in [2.05, 4.69) is 4.98 Å². The third-order valence-corrected chi connectivity index (χ3v) is 7.58. The zero-order valence-electron chi connectivity index (χ0n) is 16.0. The fourth-order valence-corrected chi connectivity index (χ4v) is 5.73. The quantitative estimate of drug-likeness (QED) is 0.331. The first-order valence-corrected chi connectivity index (χ1v) is 12.4. The lowest BCUT2D eigenvalue weighted by Crippen LogP contribution is -1.96. The Kier molecular flexibility index (Phi) is 5.92. The highest BCUT2D eigenvalue weighted by molar-refractivity contribution is 8.01. The monoisotopic (exact) mass is 477 g/mol.